The van der Waals surface area contributed by atoms with E-state index in [0.29, 0.717) is 50.6 Å². The van der Waals surface area contributed by atoms with Crippen LogP contribution in [0.5, 0.6) is 0 Å². The number of sulfonamides is 1. The van der Waals surface area contributed by atoms with E-state index in [1.165, 1.54) is 0 Å². The second-order valence-electron chi connectivity index (χ2n) is 10.4. The minimum absolute atomic E-state index is 0.00564. The Morgan fingerprint density at radius 3 is 2.13 bits per heavy atom. The number of nitrogens with zero attached hydrogens (tertiary/aromatic N) is 3. The first-order chi connectivity index (χ1) is 18.0. The number of carbonyl (C=O) groups is 1. The normalized spacial score (nSPS) is 23.5. The van der Waals surface area contributed by atoms with Crippen LogP contribution in [0.15, 0.2) is 18.2 Å². The number of hydrogen-bond donors (Lipinski definition) is 1. The van der Waals surface area contributed by atoms with E-state index in [2.05, 4.69) is 19.3 Å². The van der Waals surface area contributed by atoms with Gasteiger partial charge in [-0.15, -0.1) is 0 Å². The number of anilines is 1. The van der Waals surface area contributed by atoms with Crippen molar-refractivity contribution in [2.45, 2.75) is 43.9 Å². The summed E-state index contributed by atoms with van der Waals surface area (Å²) >= 11 is 6.26. The van der Waals surface area contributed by atoms with E-state index >= 15 is 0 Å². The van der Waals surface area contributed by atoms with E-state index in [-0.39, 0.29) is 31.0 Å². The van der Waals surface area contributed by atoms with E-state index in [0.717, 1.165) is 22.4 Å². The molecule has 0 aliphatic carbocycles. The van der Waals surface area contributed by atoms with Crippen LogP contribution in [0.1, 0.15) is 18.4 Å². The Labute approximate surface area is 227 Å². The number of halogens is 7. The Hall–Kier alpha value is -1.97. The molecule has 2 unspecified atom stereocenters. The number of alkyl halides is 6. The summed E-state index contributed by atoms with van der Waals surface area (Å²) in [6.45, 7) is 2.81. The Morgan fingerprint density at radius 1 is 1.05 bits per heavy atom. The minimum Gasteiger partial charge on any atom is -0.426 e. The monoisotopic (exact) mass is 606 g/mol. The van der Waals surface area contributed by atoms with Gasteiger partial charge in [-0.1, -0.05) is 11.6 Å². The molecule has 3 saturated heterocycles. The lowest BCUT2D eigenvalue weighted by atomic mass is 10.0. The van der Waals surface area contributed by atoms with Crippen molar-refractivity contribution in [3.05, 3.63) is 28.8 Å². The van der Waals surface area contributed by atoms with E-state index in [9.17, 15) is 39.6 Å². The van der Waals surface area contributed by atoms with Crippen molar-refractivity contribution in [1.82, 2.24) is 14.5 Å². The largest absolute Gasteiger partial charge is 0.434 e. The average Bonchev–Trinajstić information content (AvgIpc) is 3.34. The highest BCUT2D eigenvalue weighted by Gasteiger charge is 2.60. The van der Waals surface area contributed by atoms with Crippen molar-refractivity contribution >= 4 is 33.4 Å². The number of nitrogens with one attached hydrogen (secondary N) is 1. The van der Waals surface area contributed by atoms with Gasteiger partial charge in [-0.25, -0.2) is 17.9 Å². The second kappa shape index (κ2) is 11.1. The predicted octanol–water partition coefficient (Wildman–Crippen LogP) is 3.85. The van der Waals surface area contributed by atoms with Gasteiger partial charge in [0.1, 0.15) is 0 Å². The van der Waals surface area contributed by atoms with E-state index in [1.807, 2.05) is 12.1 Å². The number of piperidine rings is 1. The molecule has 1 N–H and O–H groups in total. The summed E-state index contributed by atoms with van der Waals surface area (Å²) in [5, 5.41) is 0.541. The van der Waals surface area contributed by atoms with Crippen molar-refractivity contribution in [2.24, 2.45) is 11.8 Å². The first-order valence-electron chi connectivity index (χ1n) is 12.3. The number of ether oxygens (including phenoxy) is 1. The third-order valence-electron chi connectivity index (χ3n) is 7.29. The number of likely N-dealkylation sites (tertiary alicyclic amines) is 2. The molecule has 0 bridgehead atoms. The number of rotatable bonds is 6. The van der Waals surface area contributed by atoms with Gasteiger partial charge in [0.2, 0.25) is 10.0 Å². The van der Waals surface area contributed by atoms with Gasteiger partial charge in [0.05, 0.1) is 6.26 Å². The molecule has 4 rings (SSSR count). The molecule has 1 aromatic carbocycles. The van der Waals surface area contributed by atoms with Gasteiger partial charge in [-0.05, 0) is 48.4 Å². The molecule has 1 aromatic rings. The van der Waals surface area contributed by atoms with Crippen LogP contribution in [0.25, 0.3) is 0 Å². The molecule has 3 aliphatic rings. The van der Waals surface area contributed by atoms with Crippen LogP contribution >= 0.6 is 11.6 Å². The maximum absolute atomic E-state index is 12.8. The Morgan fingerprint density at radius 2 is 1.62 bits per heavy atom. The summed E-state index contributed by atoms with van der Waals surface area (Å²) in [5.74, 6) is -0.235. The zero-order chi connectivity index (χ0) is 28.8. The van der Waals surface area contributed by atoms with E-state index in [4.69, 9.17) is 11.6 Å². The molecule has 3 fully saturated rings. The van der Waals surface area contributed by atoms with E-state index in [1.54, 1.807) is 6.07 Å². The molecular weight excluding hydrogens is 578 g/mol. The number of benzene rings is 1. The molecular formula is C23H29ClF6N4O4S. The maximum atomic E-state index is 12.8. The van der Waals surface area contributed by atoms with Gasteiger partial charge in [0, 0.05) is 62.6 Å². The molecule has 0 saturated carbocycles. The molecule has 1 amide bonds. The van der Waals surface area contributed by atoms with Gasteiger partial charge in [0.25, 0.3) is 6.10 Å². The smallest absolute Gasteiger partial charge is 0.426 e. The van der Waals surface area contributed by atoms with Gasteiger partial charge in [-0.2, -0.15) is 26.3 Å². The quantitative estimate of drug-likeness (QED) is 0.496. The molecule has 16 heteroatoms. The highest BCUT2D eigenvalue weighted by Crippen LogP contribution is 2.38. The van der Waals surface area contributed by atoms with E-state index < -0.39 is 34.6 Å². The fourth-order valence-corrected chi connectivity index (χ4v) is 6.67. The molecule has 220 valence electrons. The molecule has 39 heavy (non-hydrogen) atoms. The summed E-state index contributed by atoms with van der Waals surface area (Å²) in [7, 11) is -3.30. The fourth-order valence-electron chi connectivity index (χ4n) is 5.63. The number of hydrogen-bond acceptors (Lipinski definition) is 6. The van der Waals surface area contributed by atoms with Crippen LogP contribution in [-0.4, -0.2) is 94.3 Å². The van der Waals surface area contributed by atoms with Crippen molar-refractivity contribution < 1.29 is 44.3 Å². The average molecular weight is 607 g/mol. The second-order valence-corrected chi connectivity index (χ2v) is 12.6. The first-order valence-corrected chi connectivity index (χ1v) is 14.6. The number of amides is 1. The van der Waals surface area contributed by atoms with Gasteiger partial charge >= 0.3 is 18.4 Å². The summed E-state index contributed by atoms with van der Waals surface area (Å²) < 4.78 is 106. The molecule has 0 spiro atoms. The van der Waals surface area contributed by atoms with Crippen LogP contribution in [0.4, 0.5) is 36.8 Å². The lowest BCUT2D eigenvalue weighted by Gasteiger charge is -2.35. The van der Waals surface area contributed by atoms with Crippen LogP contribution in [0.3, 0.4) is 0 Å². The zero-order valence-electron chi connectivity index (χ0n) is 20.9. The molecule has 0 radical (unpaired) electrons. The van der Waals surface area contributed by atoms with Gasteiger partial charge in [0.15, 0.2) is 0 Å². The van der Waals surface area contributed by atoms with Gasteiger partial charge in [-0.3, -0.25) is 4.90 Å². The van der Waals surface area contributed by atoms with Crippen LogP contribution in [0.2, 0.25) is 5.02 Å². The number of carbonyl (C=O) groups excluding carboxylic acids is 1. The SMILES string of the molecule is CS(=O)(=O)NC1CCN(c2ccc(Cl)cc2CN2CC3CN(C(=O)OC(C(F)(F)F)C(F)(F)F)CC3C2)CC1. The number of fused-ring (bicyclic) bond motifs is 1. The van der Waals surface area contributed by atoms with Crippen LogP contribution in [-0.2, 0) is 21.3 Å². The summed E-state index contributed by atoms with van der Waals surface area (Å²) in [5.41, 5.74) is 1.91. The highest BCUT2D eigenvalue weighted by atomic mass is 35.5. The molecule has 3 aliphatic heterocycles. The van der Waals surface area contributed by atoms with Crippen molar-refractivity contribution in [3.8, 4) is 0 Å². The summed E-state index contributed by atoms with van der Waals surface area (Å²) in [4.78, 5) is 17.3. The molecule has 0 aromatic heterocycles. The molecule has 3 heterocycles. The lowest BCUT2D eigenvalue weighted by Crippen LogP contribution is -2.48. The third-order valence-corrected chi connectivity index (χ3v) is 8.28. The van der Waals surface area contributed by atoms with Crippen molar-refractivity contribution in [3.63, 3.8) is 0 Å². The third kappa shape index (κ3) is 7.61. The van der Waals surface area contributed by atoms with Crippen LogP contribution < -0.4 is 9.62 Å². The van der Waals surface area contributed by atoms with Crippen LogP contribution in [0, 0.1) is 11.8 Å². The lowest BCUT2D eigenvalue weighted by molar-refractivity contribution is -0.308. The predicted molar refractivity (Wildman–Crippen MR) is 131 cm³/mol. The minimum atomic E-state index is -5.76. The molecule has 8 nitrogen and oxygen atoms in total. The molecule has 2 atom stereocenters. The highest BCUT2D eigenvalue weighted by molar-refractivity contribution is 7.88. The first kappa shape index (κ1) is 30.0. The van der Waals surface area contributed by atoms with Crippen molar-refractivity contribution in [2.75, 3.05) is 50.4 Å². The topological polar surface area (TPSA) is 82.2 Å². The summed E-state index contributed by atoms with van der Waals surface area (Å²) in [6.07, 6.45) is -14.9. The van der Waals surface area contributed by atoms with Gasteiger partial charge < -0.3 is 14.5 Å². The Kier molecular flexibility index (Phi) is 8.56. The Balaban J connectivity index is 1.34. The zero-order valence-corrected chi connectivity index (χ0v) is 22.5. The van der Waals surface area contributed by atoms with Crippen molar-refractivity contribution in [1.29, 1.82) is 0 Å². The summed E-state index contributed by atoms with van der Waals surface area (Å²) in [6, 6.07) is 5.40. The standard InChI is InChI=1S/C23H29ClF6N4O4S/c1-39(36,37)31-18-4-6-33(7-5-18)19-3-2-17(24)8-14(19)9-32-10-15-12-34(13-16(15)11-32)21(35)38-20(22(25,26)27)23(28,29)30/h2-3,8,15-16,18,20,31H,4-7,9-13H2,1H3. The Bertz CT molecular complexity index is 1130. The maximum Gasteiger partial charge on any atom is 0.434 e. The fraction of sp³-hybridized carbons (Fsp3) is 0.696.